The number of H-pyrrole nitrogens is 1. The summed E-state index contributed by atoms with van der Waals surface area (Å²) in [5.74, 6) is 0.755. The number of nitrogens with one attached hydrogen (secondary N) is 2. The number of thiocarbonyl (C=S) groups is 1. The molecule has 162 valence electrons. The first kappa shape index (κ1) is 21.1. The summed E-state index contributed by atoms with van der Waals surface area (Å²) in [5.41, 5.74) is 1.34. The van der Waals surface area contributed by atoms with Crippen LogP contribution in [0.4, 0.5) is 0 Å². The molecule has 2 unspecified atom stereocenters. The van der Waals surface area contributed by atoms with E-state index in [9.17, 15) is 4.79 Å². The second kappa shape index (κ2) is 9.76. The molecule has 0 aliphatic carbocycles. The van der Waals surface area contributed by atoms with E-state index in [0.29, 0.717) is 30.3 Å². The Morgan fingerprint density at radius 3 is 2.70 bits per heavy atom. The second-order valence-electron chi connectivity index (χ2n) is 7.91. The van der Waals surface area contributed by atoms with Crippen LogP contribution in [0.2, 0.25) is 0 Å². The van der Waals surface area contributed by atoms with Crippen LogP contribution in [0.15, 0.2) is 29.1 Å². The predicted molar refractivity (Wildman–Crippen MR) is 120 cm³/mol. The lowest BCUT2D eigenvalue weighted by atomic mass is 10.1. The van der Waals surface area contributed by atoms with Crippen LogP contribution in [0.5, 0.6) is 5.75 Å². The highest BCUT2D eigenvalue weighted by atomic mass is 32.1. The van der Waals surface area contributed by atoms with Crippen LogP contribution in [0.3, 0.4) is 0 Å². The summed E-state index contributed by atoms with van der Waals surface area (Å²) in [6, 6.07) is 7.54. The van der Waals surface area contributed by atoms with Gasteiger partial charge in [0.05, 0.1) is 25.9 Å². The zero-order valence-corrected chi connectivity index (χ0v) is 18.1. The fourth-order valence-corrected chi connectivity index (χ4v) is 4.27. The van der Waals surface area contributed by atoms with Crippen LogP contribution in [0.1, 0.15) is 31.2 Å². The van der Waals surface area contributed by atoms with E-state index in [-0.39, 0.29) is 17.8 Å². The summed E-state index contributed by atoms with van der Waals surface area (Å²) >= 11 is 5.69. The molecule has 0 amide bonds. The number of aromatic amines is 1. The first-order chi connectivity index (χ1) is 14.6. The highest BCUT2D eigenvalue weighted by molar-refractivity contribution is 7.80. The van der Waals surface area contributed by atoms with Crippen molar-refractivity contribution in [1.82, 2.24) is 15.2 Å². The average molecular weight is 432 g/mol. The predicted octanol–water partition coefficient (Wildman–Crippen LogP) is 2.57. The van der Waals surface area contributed by atoms with Gasteiger partial charge < -0.3 is 29.4 Å². The number of rotatable bonds is 7. The van der Waals surface area contributed by atoms with E-state index in [4.69, 9.17) is 26.4 Å². The fourth-order valence-electron chi connectivity index (χ4n) is 4.05. The lowest BCUT2D eigenvalue weighted by Crippen LogP contribution is -2.45. The van der Waals surface area contributed by atoms with Gasteiger partial charge in [0, 0.05) is 42.8 Å². The van der Waals surface area contributed by atoms with Gasteiger partial charge in [-0.25, -0.2) is 0 Å². The highest BCUT2D eigenvalue weighted by Gasteiger charge is 2.23. The van der Waals surface area contributed by atoms with Crippen molar-refractivity contribution in [3.8, 4) is 5.75 Å². The Kier molecular flexibility index (Phi) is 6.86. The van der Waals surface area contributed by atoms with Crippen molar-refractivity contribution in [1.29, 1.82) is 0 Å². The van der Waals surface area contributed by atoms with Crippen LogP contribution >= 0.6 is 12.2 Å². The summed E-state index contributed by atoms with van der Waals surface area (Å²) in [5, 5.41) is 4.90. The summed E-state index contributed by atoms with van der Waals surface area (Å²) in [7, 11) is 1.63. The van der Waals surface area contributed by atoms with Gasteiger partial charge in [-0.15, -0.1) is 0 Å². The first-order valence-electron chi connectivity index (χ1n) is 10.6. The smallest absolute Gasteiger partial charge is 0.253 e. The van der Waals surface area contributed by atoms with Crippen molar-refractivity contribution in [3.05, 3.63) is 40.2 Å². The molecule has 2 aliphatic heterocycles. The van der Waals surface area contributed by atoms with E-state index in [1.807, 2.05) is 29.2 Å². The maximum Gasteiger partial charge on any atom is 0.253 e. The monoisotopic (exact) mass is 431 g/mol. The third-order valence-electron chi connectivity index (χ3n) is 5.73. The Balaban J connectivity index is 1.52. The van der Waals surface area contributed by atoms with Crippen molar-refractivity contribution < 1.29 is 14.2 Å². The van der Waals surface area contributed by atoms with Crippen molar-refractivity contribution in [2.45, 2.75) is 44.4 Å². The van der Waals surface area contributed by atoms with Gasteiger partial charge in [-0.2, -0.15) is 0 Å². The van der Waals surface area contributed by atoms with Crippen LogP contribution < -0.4 is 15.6 Å². The van der Waals surface area contributed by atoms with Gasteiger partial charge in [0.15, 0.2) is 5.11 Å². The van der Waals surface area contributed by atoms with Crippen molar-refractivity contribution >= 4 is 28.2 Å². The molecule has 1 aromatic heterocycles. The molecule has 7 nitrogen and oxygen atoms in total. The topological polar surface area (TPSA) is 75.8 Å². The number of aromatic nitrogens is 1. The average Bonchev–Trinajstić information content (AvgIpc) is 3.46. The molecule has 0 saturated carbocycles. The zero-order chi connectivity index (χ0) is 20.9. The maximum atomic E-state index is 12.7. The van der Waals surface area contributed by atoms with Crippen LogP contribution in [0.25, 0.3) is 10.9 Å². The summed E-state index contributed by atoms with van der Waals surface area (Å²) in [6.07, 6.45) is 4.54. The number of benzene rings is 1. The molecule has 30 heavy (non-hydrogen) atoms. The molecule has 3 heterocycles. The molecule has 4 rings (SSSR count). The number of nitrogens with zero attached hydrogens (tertiary/aromatic N) is 1. The van der Waals surface area contributed by atoms with E-state index >= 15 is 0 Å². The van der Waals surface area contributed by atoms with Crippen LogP contribution in [-0.4, -0.2) is 60.6 Å². The van der Waals surface area contributed by atoms with Crippen LogP contribution in [-0.2, 0) is 16.0 Å². The Morgan fingerprint density at radius 1 is 1.23 bits per heavy atom. The number of pyridine rings is 1. The Morgan fingerprint density at radius 2 is 2.00 bits per heavy atom. The number of fused-ring (bicyclic) bond motifs is 1. The second-order valence-corrected chi connectivity index (χ2v) is 8.30. The molecule has 2 fully saturated rings. The molecule has 2 aliphatic rings. The minimum absolute atomic E-state index is 0.105. The number of ether oxygens (including phenoxy) is 3. The normalized spacial score (nSPS) is 21.1. The lowest BCUT2D eigenvalue weighted by Gasteiger charge is -2.28. The Bertz CT molecular complexity index is 936. The molecule has 2 saturated heterocycles. The Hall–Kier alpha value is -2.16. The largest absolute Gasteiger partial charge is 0.497 e. The van der Waals surface area contributed by atoms with E-state index in [0.717, 1.165) is 55.5 Å². The van der Waals surface area contributed by atoms with Crippen molar-refractivity contribution in [3.63, 3.8) is 0 Å². The minimum atomic E-state index is -0.105. The lowest BCUT2D eigenvalue weighted by molar-refractivity contribution is 0.0885. The molecule has 2 N–H and O–H groups in total. The standard InChI is InChI=1S/C22H29N3O4S/c1-27-17-6-7-20-15(11-17)10-16(21(26)24-20)13-25(14-19-5-3-9-29-19)22(30)23-12-18-4-2-8-28-18/h6-7,10-11,18-19H,2-5,8-9,12-14H2,1H3,(H,23,30)(H,24,26). The molecule has 0 radical (unpaired) electrons. The van der Waals surface area contributed by atoms with Gasteiger partial charge in [-0.3, -0.25) is 4.79 Å². The van der Waals surface area contributed by atoms with E-state index in [1.165, 1.54) is 0 Å². The van der Waals surface area contributed by atoms with Gasteiger partial charge in [-0.05, 0) is 62.2 Å². The maximum absolute atomic E-state index is 12.7. The highest BCUT2D eigenvalue weighted by Crippen LogP contribution is 2.20. The molecule has 0 spiro atoms. The third kappa shape index (κ3) is 5.11. The molecule has 2 atom stereocenters. The molecule has 1 aromatic carbocycles. The van der Waals surface area contributed by atoms with E-state index in [2.05, 4.69) is 10.3 Å². The van der Waals surface area contributed by atoms with Gasteiger partial charge >= 0.3 is 0 Å². The van der Waals surface area contributed by atoms with Crippen molar-refractivity contribution in [2.24, 2.45) is 0 Å². The fraction of sp³-hybridized carbons (Fsp3) is 0.545. The molecule has 0 bridgehead atoms. The Labute approximate surface area is 181 Å². The van der Waals surface area contributed by atoms with Gasteiger partial charge in [-0.1, -0.05) is 0 Å². The third-order valence-corrected chi connectivity index (χ3v) is 6.13. The van der Waals surface area contributed by atoms with Gasteiger partial charge in [0.1, 0.15) is 5.75 Å². The molecular formula is C22H29N3O4S. The minimum Gasteiger partial charge on any atom is -0.497 e. The van der Waals surface area contributed by atoms with Crippen molar-refractivity contribution in [2.75, 3.05) is 33.4 Å². The quantitative estimate of drug-likeness (QED) is 0.653. The summed E-state index contributed by atoms with van der Waals surface area (Å²) in [6.45, 7) is 3.36. The van der Waals surface area contributed by atoms with Gasteiger partial charge in [0.25, 0.3) is 5.56 Å². The zero-order valence-electron chi connectivity index (χ0n) is 17.3. The summed E-state index contributed by atoms with van der Waals surface area (Å²) < 4.78 is 16.8. The molecule has 8 heteroatoms. The molecular weight excluding hydrogens is 402 g/mol. The SMILES string of the molecule is COc1ccc2[nH]c(=O)c(CN(CC3CCCO3)C(=S)NCC3CCCO3)cc2c1. The number of hydrogen-bond acceptors (Lipinski definition) is 5. The van der Waals surface area contributed by atoms with E-state index < -0.39 is 0 Å². The van der Waals surface area contributed by atoms with Gasteiger partial charge in [0.2, 0.25) is 0 Å². The number of hydrogen-bond donors (Lipinski definition) is 2. The van der Waals surface area contributed by atoms with Crippen LogP contribution in [0, 0.1) is 0 Å². The first-order valence-corrected chi connectivity index (χ1v) is 11.0. The number of methoxy groups -OCH3 is 1. The summed E-state index contributed by atoms with van der Waals surface area (Å²) in [4.78, 5) is 17.7. The molecule has 2 aromatic rings. The van der Waals surface area contributed by atoms with E-state index in [1.54, 1.807) is 7.11 Å².